The summed E-state index contributed by atoms with van der Waals surface area (Å²) in [4.78, 5) is 13.6. The molecule has 1 aliphatic heterocycles. The number of nitrogens with two attached hydrogens (primary N) is 1. The molecule has 1 aromatic rings. The maximum Gasteiger partial charge on any atom is 0.417 e. The largest absolute Gasteiger partial charge is 0.417 e. The van der Waals surface area contributed by atoms with Gasteiger partial charge in [-0.05, 0) is 36.6 Å². The van der Waals surface area contributed by atoms with E-state index in [0.29, 0.717) is 13.1 Å². The Kier molecular flexibility index (Phi) is 5.13. The Labute approximate surface area is 131 Å². The fourth-order valence-corrected chi connectivity index (χ4v) is 2.48. The highest BCUT2D eigenvalue weighted by molar-refractivity contribution is 6.31. The first-order chi connectivity index (χ1) is 10.3. The molecule has 0 unspecified atom stereocenters. The van der Waals surface area contributed by atoms with Gasteiger partial charge in [-0.25, -0.2) is 0 Å². The number of hydrogen-bond acceptors (Lipinski definition) is 2. The van der Waals surface area contributed by atoms with E-state index in [2.05, 4.69) is 0 Å². The summed E-state index contributed by atoms with van der Waals surface area (Å²) in [7, 11) is 0. The third-order valence-electron chi connectivity index (χ3n) is 3.57. The molecule has 0 spiro atoms. The van der Waals surface area contributed by atoms with E-state index in [1.54, 1.807) is 4.90 Å². The summed E-state index contributed by atoms with van der Waals surface area (Å²) in [6.07, 6.45) is -0.409. The van der Waals surface area contributed by atoms with Crippen LogP contribution in [0.5, 0.6) is 0 Å². The van der Waals surface area contributed by atoms with Gasteiger partial charge in [-0.2, -0.15) is 13.2 Å². The Morgan fingerprint density at radius 1 is 1.32 bits per heavy atom. The SMILES string of the molecule is NC1CCN(C(=O)C=Cc2ccc(Cl)c(C(F)(F)F)c2)CC1. The van der Waals surface area contributed by atoms with Gasteiger partial charge in [0.15, 0.2) is 0 Å². The van der Waals surface area contributed by atoms with Crippen molar-refractivity contribution in [3.8, 4) is 0 Å². The summed E-state index contributed by atoms with van der Waals surface area (Å²) in [5.74, 6) is -0.226. The monoisotopic (exact) mass is 332 g/mol. The number of rotatable bonds is 2. The lowest BCUT2D eigenvalue weighted by atomic mass is 10.1. The molecule has 120 valence electrons. The number of piperidine rings is 1. The van der Waals surface area contributed by atoms with Crippen LogP contribution >= 0.6 is 11.6 Å². The maximum atomic E-state index is 12.8. The van der Waals surface area contributed by atoms with E-state index in [0.717, 1.165) is 18.9 Å². The van der Waals surface area contributed by atoms with E-state index in [9.17, 15) is 18.0 Å². The Balaban J connectivity index is 2.08. The van der Waals surface area contributed by atoms with Gasteiger partial charge in [0.2, 0.25) is 5.91 Å². The number of nitrogens with zero attached hydrogens (tertiary/aromatic N) is 1. The summed E-state index contributed by atoms with van der Waals surface area (Å²) in [6, 6.07) is 3.65. The third-order valence-corrected chi connectivity index (χ3v) is 3.90. The van der Waals surface area contributed by atoms with Gasteiger partial charge >= 0.3 is 6.18 Å². The molecule has 1 amide bonds. The Morgan fingerprint density at radius 2 is 1.95 bits per heavy atom. The van der Waals surface area contributed by atoms with Crippen molar-refractivity contribution in [2.45, 2.75) is 25.1 Å². The highest BCUT2D eigenvalue weighted by Crippen LogP contribution is 2.35. The standard InChI is InChI=1S/C15H16ClF3N2O/c16-13-3-1-10(9-12(13)15(17,18)19)2-4-14(22)21-7-5-11(20)6-8-21/h1-4,9,11H,5-8,20H2. The van der Waals surface area contributed by atoms with Crippen LogP contribution in [0.4, 0.5) is 13.2 Å². The zero-order valence-corrected chi connectivity index (χ0v) is 12.5. The second-order valence-electron chi connectivity index (χ2n) is 5.23. The maximum absolute atomic E-state index is 12.8. The Morgan fingerprint density at radius 3 is 2.55 bits per heavy atom. The van der Waals surface area contributed by atoms with Gasteiger partial charge in [0.1, 0.15) is 0 Å². The van der Waals surface area contributed by atoms with E-state index in [-0.39, 0.29) is 22.5 Å². The van der Waals surface area contributed by atoms with Crippen LogP contribution in [0, 0.1) is 0 Å². The van der Waals surface area contributed by atoms with E-state index in [1.165, 1.54) is 24.3 Å². The quantitative estimate of drug-likeness (QED) is 0.844. The molecule has 0 saturated carbocycles. The van der Waals surface area contributed by atoms with Gasteiger partial charge in [-0.3, -0.25) is 4.79 Å². The molecule has 0 aromatic heterocycles. The van der Waals surface area contributed by atoms with E-state index in [1.807, 2.05) is 0 Å². The topological polar surface area (TPSA) is 46.3 Å². The van der Waals surface area contributed by atoms with Crippen LogP contribution in [0.1, 0.15) is 24.0 Å². The number of hydrogen-bond donors (Lipinski definition) is 1. The summed E-state index contributed by atoms with van der Waals surface area (Å²) < 4.78 is 38.3. The first kappa shape index (κ1) is 16.8. The van der Waals surface area contributed by atoms with Crippen molar-refractivity contribution in [1.29, 1.82) is 0 Å². The average Bonchev–Trinajstić information content (AvgIpc) is 2.45. The third kappa shape index (κ3) is 4.24. The number of alkyl halides is 3. The molecule has 0 bridgehead atoms. The minimum absolute atomic E-state index is 0.110. The zero-order chi connectivity index (χ0) is 16.3. The zero-order valence-electron chi connectivity index (χ0n) is 11.7. The lowest BCUT2D eigenvalue weighted by Crippen LogP contribution is -2.42. The first-order valence-electron chi connectivity index (χ1n) is 6.86. The normalized spacial score (nSPS) is 17.2. The Bertz CT molecular complexity index is 579. The van der Waals surface area contributed by atoms with Crippen LogP contribution in [-0.4, -0.2) is 29.9 Å². The van der Waals surface area contributed by atoms with Crippen molar-refractivity contribution in [3.63, 3.8) is 0 Å². The van der Waals surface area contributed by atoms with Crippen molar-refractivity contribution in [2.75, 3.05) is 13.1 Å². The van der Waals surface area contributed by atoms with E-state index < -0.39 is 11.7 Å². The van der Waals surface area contributed by atoms with Crippen LogP contribution < -0.4 is 5.73 Å². The van der Waals surface area contributed by atoms with Crippen LogP contribution in [0.25, 0.3) is 6.08 Å². The highest BCUT2D eigenvalue weighted by atomic mass is 35.5. The van der Waals surface area contributed by atoms with Crippen LogP contribution in [0.15, 0.2) is 24.3 Å². The molecule has 7 heteroatoms. The molecular weight excluding hydrogens is 317 g/mol. The second kappa shape index (κ2) is 6.71. The smallest absolute Gasteiger partial charge is 0.339 e. The molecular formula is C15H16ClF3N2O. The second-order valence-corrected chi connectivity index (χ2v) is 5.64. The molecule has 1 heterocycles. The van der Waals surface area contributed by atoms with Gasteiger partial charge < -0.3 is 10.6 Å². The minimum atomic E-state index is -4.52. The molecule has 0 atom stereocenters. The summed E-state index contributed by atoms with van der Waals surface area (Å²) in [5.41, 5.74) is 5.13. The molecule has 3 nitrogen and oxygen atoms in total. The fourth-order valence-electron chi connectivity index (χ4n) is 2.26. The predicted molar refractivity (Wildman–Crippen MR) is 79.3 cm³/mol. The lowest BCUT2D eigenvalue weighted by molar-refractivity contribution is -0.137. The van der Waals surface area contributed by atoms with Crippen LogP contribution in [0.2, 0.25) is 5.02 Å². The summed E-state index contributed by atoms with van der Waals surface area (Å²) >= 11 is 5.55. The number of halogens is 4. The summed E-state index contributed by atoms with van der Waals surface area (Å²) in [6.45, 7) is 1.14. The lowest BCUT2D eigenvalue weighted by Gasteiger charge is -2.29. The molecule has 1 aromatic carbocycles. The van der Waals surface area contributed by atoms with Gasteiger partial charge in [-0.15, -0.1) is 0 Å². The van der Waals surface area contributed by atoms with Gasteiger partial charge in [0, 0.05) is 25.2 Å². The van der Waals surface area contributed by atoms with Crippen LogP contribution in [0.3, 0.4) is 0 Å². The number of likely N-dealkylation sites (tertiary alicyclic amines) is 1. The van der Waals surface area contributed by atoms with Gasteiger partial charge in [0.05, 0.1) is 10.6 Å². The van der Waals surface area contributed by atoms with Crippen molar-refractivity contribution >= 4 is 23.6 Å². The number of carbonyl (C=O) groups is 1. The molecule has 2 N–H and O–H groups in total. The van der Waals surface area contributed by atoms with Crippen molar-refractivity contribution < 1.29 is 18.0 Å². The van der Waals surface area contributed by atoms with Gasteiger partial charge in [-0.1, -0.05) is 17.7 Å². The van der Waals surface area contributed by atoms with Crippen molar-refractivity contribution in [2.24, 2.45) is 5.73 Å². The van der Waals surface area contributed by atoms with Crippen molar-refractivity contribution in [1.82, 2.24) is 4.90 Å². The van der Waals surface area contributed by atoms with E-state index >= 15 is 0 Å². The molecule has 1 saturated heterocycles. The average molecular weight is 333 g/mol. The molecule has 0 aliphatic carbocycles. The predicted octanol–water partition coefficient (Wildman–Crippen LogP) is 3.32. The van der Waals surface area contributed by atoms with Crippen molar-refractivity contribution in [3.05, 3.63) is 40.4 Å². The van der Waals surface area contributed by atoms with Gasteiger partial charge in [0.25, 0.3) is 0 Å². The molecule has 1 aliphatic rings. The molecule has 0 radical (unpaired) electrons. The highest BCUT2D eigenvalue weighted by Gasteiger charge is 2.33. The first-order valence-corrected chi connectivity index (χ1v) is 7.24. The van der Waals surface area contributed by atoms with E-state index in [4.69, 9.17) is 17.3 Å². The molecule has 2 rings (SSSR count). The molecule has 1 fully saturated rings. The minimum Gasteiger partial charge on any atom is -0.339 e. The molecule has 22 heavy (non-hydrogen) atoms. The summed E-state index contributed by atoms with van der Waals surface area (Å²) in [5, 5.41) is -0.360. The fraction of sp³-hybridized carbons (Fsp3) is 0.400. The number of benzene rings is 1. The number of carbonyl (C=O) groups excluding carboxylic acids is 1. The van der Waals surface area contributed by atoms with Crippen LogP contribution in [-0.2, 0) is 11.0 Å². The Hall–Kier alpha value is -1.53. The number of amides is 1.